The summed E-state index contributed by atoms with van der Waals surface area (Å²) in [5, 5.41) is 14.3. The van der Waals surface area contributed by atoms with Crippen molar-refractivity contribution < 1.29 is 19.1 Å². The minimum absolute atomic E-state index is 0.166. The molecule has 1 aliphatic carbocycles. The summed E-state index contributed by atoms with van der Waals surface area (Å²) < 4.78 is 4.83. The summed E-state index contributed by atoms with van der Waals surface area (Å²) in [5.41, 5.74) is -0.000900. The van der Waals surface area contributed by atoms with Gasteiger partial charge in [0, 0.05) is 0 Å². The number of ether oxygens (including phenoxy) is 1. The molecule has 0 aliphatic heterocycles. The van der Waals surface area contributed by atoms with E-state index in [4.69, 9.17) is 4.74 Å². The first kappa shape index (κ1) is 18.5. The third-order valence-corrected chi connectivity index (χ3v) is 4.05. The molecule has 0 aromatic heterocycles. The molecule has 1 aromatic carbocycles. The lowest BCUT2D eigenvalue weighted by atomic mass is 10.00. The van der Waals surface area contributed by atoms with E-state index in [2.05, 4.69) is 16.7 Å². The molecule has 2 rings (SSSR count). The Balaban J connectivity index is 1.66. The van der Waals surface area contributed by atoms with E-state index < -0.39 is 24.0 Å². The molecule has 1 aromatic rings. The highest BCUT2D eigenvalue weighted by Gasteiger charge is 2.35. The predicted molar refractivity (Wildman–Crippen MR) is 89.1 cm³/mol. The van der Waals surface area contributed by atoms with E-state index in [9.17, 15) is 19.6 Å². The van der Waals surface area contributed by atoms with Crippen molar-refractivity contribution in [2.75, 3.05) is 13.2 Å². The predicted octanol–water partition coefficient (Wildman–Crippen LogP) is 0.841. The highest BCUT2D eigenvalue weighted by Crippen LogP contribution is 2.28. The molecule has 1 aliphatic rings. The molecule has 7 heteroatoms. The summed E-state index contributed by atoms with van der Waals surface area (Å²) in [6.45, 7) is -0.765. The van der Waals surface area contributed by atoms with E-state index in [0.29, 0.717) is 12.8 Å². The first-order valence-electron chi connectivity index (χ1n) is 8.21. The molecule has 0 saturated heterocycles. The van der Waals surface area contributed by atoms with Gasteiger partial charge in [-0.25, -0.2) is 0 Å². The second kappa shape index (κ2) is 8.83. The number of rotatable bonds is 7. The number of esters is 1. The molecule has 0 radical (unpaired) electrons. The Labute approximate surface area is 146 Å². The molecule has 2 amide bonds. The van der Waals surface area contributed by atoms with Gasteiger partial charge in [-0.1, -0.05) is 30.3 Å². The minimum atomic E-state index is -0.840. The number of nitriles is 1. The monoisotopic (exact) mass is 343 g/mol. The molecular weight excluding hydrogens is 322 g/mol. The number of nitrogens with zero attached hydrogens (tertiary/aromatic N) is 1. The fourth-order valence-corrected chi connectivity index (χ4v) is 2.76. The molecule has 0 bridgehead atoms. The van der Waals surface area contributed by atoms with Crippen molar-refractivity contribution in [3.8, 4) is 6.07 Å². The molecule has 0 heterocycles. The minimum Gasteiger partial charge on any atom is -0.454 e. The zero-order chi connectivity index (χ0) is 18.1. The summed E-state index contributed by atoms with van der Waals surface area (Å²) in [4.78, 5) is 35.2. The molecule has 2 N–H and O–H groups in total. The Kier molecular flexibility index (Phi) is 6.52. The van der Waals surface area contributed by atoms with Crippen molar-refractivity contribution in [2.24, 2.45) is 0 Å². The Hall–Kier alpha value is -2.88. The van der Waals surface area contributed by atoms with Crippen LogP contribution < -0.4 is 10.6 Å². The molecule has 0 spiro atoms. The Morgan fingerprint density at radius 1 is 1.12 bits per heavy atom. The average Bonchev–Trinajstić information content (AvgIpc) is 3.08. The summed E-state index contributed by atoms with van der Waals surface area (Å²) in [5.74, 6) is -1.51. The van der Waals surface area contributed by atoms with Crippen LogP contribution in [0.4, 0.5) is 0 Å². The zero-order valence-corrected chi connectivity index (χ0v) is 13.9. The number of amides is 2. The quantitative estimate of drug-likeness (QED) is 0.713. The average molecular weight is 343 g/mol. The fourth-order valence-electron chi connectivity index (χ4n) is 2.76. The third kappa shape index (κ3) is 5.92. The maximum absolute atomic E-state index is 11.8. The lowest BCUT2D eigenvalue weighted by molar-refractivity contribution is -0.148. The van der Waals surface area contributed by atoms with E-state index in [1.807, 2.05) is 30.3 Å². The second-order valence-electron chi connectivity index (χ2n) is 6.05. The van der Waals surface area contributed by atoms with E-state index in [0.717, 1.165) is 18.4 Å². The largest absolute Gasteiger partial charge is 0.454 e. The molecule has 1 saturated carbocycles. The molecule has 0 unspecified atom stereocenters. The van der Waals surface area contributed by atoms with Gasteiger partial charge in [-0.2, -0.15) is 5.26 Å². The highest BCUT2D eigenvalue weighted by atomic mass is 16.5. The van der Waals surface area contributed by atoms with E-state index in [1.165, 1.54) is 0 Å². The van der Waals surface area contributed by atoms with Crippen molar-refractivity contribution in [2.45, 2.75) is 37.6 Å². The van der Waals surface area contributed by atoms with Crippen LogP contribution in [0.5, 0.6) is 0 Å². The van der Waals surface area contributed by atoms with Crippen LogP contribution in [0.1, 0.15) is 31.2 Å². The van der Waals surface area contributed by atoms with Crippen LogP contribution in [0.2, 0.25) is 0 Å². The van der Waals surface area contributed by atoms with Gasteiger partial charge in [0.1, 0.15) is 12.1 Å². The Morgan fingerprint density at radius 2 is 1.80 bits per heavy atom. The van der Waals surface area contributed by atoms with Crippen molar-refractivity contribution >= 4 is 17.8 Å². The molecule has 132 valence electrons. The SMILES string of the molecule is N#CC1(NC(=O)COC(=O)CNC(=O)Cc2ccccc2)CCCC1. The lowest BCUT2D eigenvalue weighted by Crippen LogP contribution is -2.47. The normalized spacial score (nSPS) is 15.0. The number of hydrogen-bond acceptors (Lipinski definition) is 5. The topological polar surface area (TPSA) is 108 Å². The lowest BCUT2D eigenvalue weighted by Gasteiger charge is -2.21. The molecule has 7 nitrogen and oxygen atoms in total. The van der Waals surface area contributed by atoms with Gasteiger partial charge < -0.3 is 15.4 Å². The Bertz CT molecular complexity index is 661. The van der Waals surface area contributed by atoms with Crippen molar-refractivity contribution in [1.82, 2.24) is 10.6 Å². The van der Waals surface area contributed by atoms with Crippen LogP contribution in [-0.4, -0.2) is 36.5 Å². The number of carbonyl (C=O) groups excluding carboxylic acids is 3. The van der Waals surface area contributed by atoms with Crippen LogP contribution >= 0.6 is 0 Å². The van der Waals surface area contributed by atoms with Crippen molar-refractivity contribution in [3.63, 3.8) is 0 Å². The van der Waals surface area contributed by atoms with E-state index >= 15 is 0 Å². The summed E-state index contributed by atoms with van der Waals surface area (Å²) in [6.07, 6.45) is 3.17. The van der Waals surface area contributed by atoms with Crippen LogP contribution in [-0.2, 0) is 25.5 Å². The maximum atomic E-state index is 11.8. The molecule has 1 fully saturated rings. The van der Waals surface area contributed by atoms with E-state index in [-0.39, 0.29) is 18.9 Å². The molecular formula is C18H21N3O4. The number of carbonyl (C=O) groups is 3. The maximum Gasteiger partial charge on any atom is 0.325 e. The van der Waals surface area contributed by atoms with Gasteiger partial charge in [0.15, 0.2) is 6.61 Å². The van der Waals surface area contributed by atoms with Crippen LogP contribution in [0.25, 0.3) is 0 Å². The van der Waals surface area contributed by atoms with Gasteiger partial charge in [0.2, 0.25) is 5.91 Å². The van der Waals surface area contributed by atoms with Gasteiger partial charge in [-0.15, -0.1) is 0 Å². The molecule has 0 atom stereocenters. The first-order valence-corrected chi connectivity index (χ1v) is 8.21. The van der Waals surface area contributed by atoms with Crippen LogP contribution in [0.3, 0.4) is 0 Å². The van der Waals surface area contributed by atoms with Crippen LogP contribution in [0, 0.1) is 11.3 Å². The van der Waals surface area contributed by atoms with Crippen molar-refractivity contribution in [3.05, 3.63) is 35.9 Å². The van der Waals surface area contributed by atoms with Crippen molar-refractivity contribution in [1.29, 1.82) is 5.26 Å². The fraction of sp³-hybridized carbons (Fsp3) is 0.444. The first-order chi connectivity index (χ1) is 12.0. The van der Waals surface area contributed by atoms with Gasteiger partial charge in [-0.3, -0.25) is 14.4 Å². The number of benzene rings is 1. The van der Waals surface area contributed by atoms with Crippen LogP contribution in [0.15, 0.2) is 30.3 Å². The molecule has 25 heavy (non-hydrogen) atoms. The third-order valence-electron chi connectivity index (χ3n) is 4.05. The van der Waals surface area contributed by atoms with E-state index in [1.54, 1.807) is 0 Å². The summed E-state index contributed by atoms with van der Waals surface area (Å²) in [7, 11) is 0. The summed E-state index contributed by atoms with van der Waals surface area (Å²) >= 11 is 0. The number of nitrogens with one attached hydrogen (secondary N) is 2. The second-order valence-corrected chi connectivity index (χ2v) is 6.05. The number of hydrogen-bond donors (Lipinski definition) is 2. The van der Waals surface area contributed by atoms with Gasteiger partial charge >= 0.3 is 5.97 Å². The van der Waals surface area contributed by atoms with Gasteiger partial charge in [0.05, 0.1) is 12.5 Å². The van der Waals surface area contributed by atoms with Gasteiger partial charge in [-0.05, 0) is 31.2 Å². The smallest absolute Gasteiger partial charge is 0.325 e. The standard InChI is InChI=1S/C18H21N3O4/c19-13-18(8-4-5-9-18)21-16(23)12-25-17(24)11-20-15(22)10-14-6-2-1-3-7-14/h1-3,6-7H,4-5,8-12H2,(H,20,22)(H,21,23). The zero-order valence-electron chi connectivity index (χ0n) is 13.9. The Morgan fingerprint density at radius 3 is 2.44 bits per heavy atom. The summed E-state index contributed by atoms with van der Waals surface area (Å²) in [6, 6.07) is 11.3. The highest BCUT2D eigenvalue weighted by molar-refractivity contribution is 5.85. The van der Waals surface area contributed by atoms with Gasteiger partial charge in [0.25, 0.3) is 5.91 Å².